The van der Waals surface area contributed by atoms with Crippen LogP contribution in [0.4, 0.5) is 0 Å². The zero-order chi connectivity index (χ0) is 14.5. The molecule has 20 heavy (non-hydrogen) atoms. The minimum Gasteiger partial charge on any atom is -0.478 e. The number of nitrogens with one attached hydrogen (secondary N) is 1. The zero-order valence-electron chi connectivity index (χ0n) is 11.1. The van der Waals surface area contributed by atoms with Crippen LogP contribution in [-0.4, -0.2) is 17.1 Å². The van der Waals surface area contributed by atoms with Crippen LogP contribution in [0.3, 0.4) is 0 Å². The predicted molar refractivity (Wildman–Crippen MR) is 82.7 cm³/mol. The number of benzene rings is 1. The molecule has 0 fully saturated rings. The largest absolute Gasteiger partial charge is 0.478 e. The van der Waals surface area contributed by atoms with Gasteiger partial charge in [0.15, 0.2) is 0 Å². The summed E-state index contributed by atoms with van der Waals surface area (Å²) in [7, 11) is 0. The van der Waals surface area contributed by atoms with Crippen molar-refractivity contribution in [3.63, 3.8) is 0 Å². The molecule has 2 N–H and O–H groups in total. The molecule has 0 saturated carbocycles. The Labute approximate surface area is 127 Å². The Kier molecular flexibility index (Phi) is 5.17. The van der Waals surface area contributed by atoms with Crippen molar-refractivity contribution in [1.29, 1.82) is 0 Å². The lowest BCUT2D eigenvalue weighted by atomic mass is 10.1. The number of carboxylic acid groups (broad SMARTS) is 1. The zero-order valence-corrected chi connectivity index (χ0v) is 12.7. The molecule has 0 aliphatic heterocycles. The van der Waals surface area contributed by atoms with E-state index >= 15 is 0 Å². The highest BCUT2D eigenvalue weighted by molar-refractivity contribution is 7.10. The van der Waals surface area contributed by atoms with E-state index in [0.717, 1.165) is 21.9 Å². The highest BCUT2D eigenvalue weighted by Gasteiger charge is 2.09. The Morgan fingerprint density at radius 2 is 2.20 bits per heavy atom. The fourth-order valence-electron chi connectivity index (χ4n) is 1.93. The van der Waals surface area contributed by atoms with Crippen LogP contribution in [-0.2, 0) is 13.0 Å². The Balaban J connectivity index is 1.87. The van der Waals surface area contributed by atoms with Crippen molar-refractivity contribution in [2.75, 3.05) is 0 Å². The van der Waals surface area contributed by atoms with Gasteiger partial charge in [0.05, 0.1) is 5.56 Å². The van der Waals surface area contributed by atoms with Gasteiger partial charge in [-0.1, -0.05) is 29.8 Å². The van der Waals surface area contributed by atoms with Crippen molar-refractivity contribution < 1.29 is 9.90 Å². The molecule has 0 aliphatic carbocycles. The molecule has 2 aromatic rings. The maximum absolute atomic E-state index is 10.8. The lowest BCUT2D eigenvalue weighted by Crippen LogP contribution is -2.27. The molecule has 1 aromatic heterocycles. The van der Waals surface area contributed by atoms with Gasteiger partial charge in [-0.05, 0) is 31.0 Å². The van der Waals surface area contributed by atoms with Gasteiger partial charge in [0.25, 0.3) is 0 Å². The van der Waals surface area contributed by atoms with Gasteiger partial charge in [0.2, 0.25) is 0 Å². The standard InChI is InChI=1S/C15H16ClNO2S/c1-10(6-11-4-2-3-5-14(11)16)17-8-13-7-12(9-20-13)15(18)19/h2-5,7,9-10,17H,6,8H2,1H3,(H,18,19). The first-order valence-corrected chi connectivity index (χ1v) is 7.59. The molecule has 0 spiro atoms. The van der Waals surface area contributed by atoms with Gasteiger partial charge in [-0.15, -0.1) is 11.3 Å². The maximum Gasteiger partial charge on any atom is 0.336 e. The van der Waals surface area contributed by atoms with Gasteiger partial charge >= 0.3 is 5.97 Å². The monoisotopic (exact) mass is 309 g/mol. The van der Waals surface area contributed by atoms with Gasteiger partial charge in [-0.2, -0.15) is 0 Å². The predicted octanol–water partition coefficient (Wildman–Crippen LogP) is 3.82. The molecule has 0 bridgehead atoms. The summed E-state index contributed by atoms with van der Waals surface area (Å²) in [6.45, 7) is 2.76. The average molecular weight is 310 g/mol. The SMILES string of the molecule is CC(Cc1ccccc1Cl)NCc1cc(C(=O)O)cs1. The van der Waals surface area contributed by atoms with Crippen LogP contribution < -0.4 is 5.32 Å². The molecule has 0 radical (unpaired) electrons. The third kappa shape index (κ3) is 4.07. The van der Waals surface area contributed by atoms with Gasteiger partial charge in [0, 0.05) is 27.9 Å². The van der Waals surface area contributed by atoms with Gasteiger partial charge in [0.1, 0.15) is 0 Å². The van der Waals surface area contributed by atoms with Gasteiger partial charge < -0.3 is 10.4 Å². The summed E-state index contributed by atoms with van der Waals surface area (Å²) < 4.78 is 0. The Hall–Kier alpha value is -1.36. The lowest BCUT2D eigenvalue weighted by Gasteiger charge is -2.14. The van der Waals surface area contributed by atoms with Gasteiger partial charge in [-0.25, -0.2) is 4.79 Å². The number of thiophene rings is 1. The van der Waals surface area contributed by atoms with Crippen molar-refractivity contribution >= 4 is 28.9 Å². The van der Waals surface area contributed by atoms with E-state index in [9.17, 15) is 4.79 Å². The molecule has 2 rings (SSSR count). The first-order valence-electron chi connectivity index (χ1n) is 6.33. The molecule has 0 aliphatic rings. The maximum atomic E-state index is 10.8. The molecule has 5 heteroatoms. The quantitative estimate of drug-likeness (QED) is 0.853. The molecular weight excluding hydrogens is 294 g/mol. The number of aromatic carboxylic acids is 1. The molecule has 106 valence electrons. The van der Waals surface area contributed by atoms with Crippen molar-refractivity contribution in [2.24, 2.45) is 0 Å². The molecule has 1 aromatic carbocycles. The molecule has 1 atom stereocenters. The highest BCUT2D eigenvalue weighted by Crippen LogP contribution is 2.18. The summed E-state index contributed by atoms with van der Waals surface area (Å²) in [5, 5.41) is 14.7. The summed E-state index contributed by atoms with van der Waals surface area (Å²) in [5.41, 5.74) is 1.47. The van der Waals surface area contributed by atoms with Crippen LogP contribution in [0, 0.1) is 0 Å². The first kappa shape index (κ1) is 15.0. The summed E-state index contributed by atoms with van der Waals surface area (Å²) in [6.07, 6.45) is 0.844. The van der Waals surface area contributed by atoms with E-state index in [4.69, 9.17) is 16.7 Å². The van der Waals surface area contributed by atoms with Crippen LogP contribution in [0.2, 0.25) is 5.02 Å². The normalized spacial score (nSPS) is 12.3. The Morgan fingerprint density at radius 1 is 1.45 bits per heavy atom. The molecule has 1 unspecified atom stereocenters. The number of carbonyl (C=O) groups is 1. The van der Waals surface area contributed by atoms with E-state index in [-0.39, 0.29) is 6.04 Å². The van der Waals surface area contributed by atoms with Crippen LogP contribution in [0.15, 0.2) is 35.7 Å². The van der Waals surface area contributed by atoms with Crippen LogP contribution in [0.25, 0.3) is 0 Å². The molecular formula is C15H16ClNO2S. The van der Waals surface area contributed by atoms with Crippen LogP contribution in [0.1, 0.15) is 27.7 Å². The highest BCUT2D eigenvalue weighted by atomic mass is 35.5. The Bertz CT molecular complexity index is 597. The van der Waals surface area contributed by atoms with E-state index in [1.165, 1.54) is 11.3 Å². The Morgan fingerprint density at radius 3 is 2.85 bits per heavy atom. The number of rotatable bonds is 6. The summed E-state index contributed by atoms with van der Waals surface area (Å²) in [5.74, 6) is -0.878. The fraction of sp³-hybridized carbons (Fsp3) is 0.267. The van der Waals surface area contributed by atoms with Crippen molar-refractivity contribution in [2.45, 2.75) is 25.9 Å². The summed E-state index contributed by atoms with van der Waals surface area (Å²) in [6, 6.07) is 9.79. The average Bonchev–Trinajstić information content (AvgIpc) is 2.88. The van der Waals surface area contributed by atoms with E-state index in [2.05, 4.69) is 12.2 Å². The number of hydrogen-bond acceptors (Lipinski definition) is 3. The van der Waals surface area contributed by atoms with E-state index in [0.29, 0.717) is 12.1 Å². The van der Waals surface area contributed by atoms with Crippen LogP contribution >= 0.6 is 22.9 Å². The number of halogens is 1. The van der Waals surface area contributed by atoms with Crippen LogP contribution in [0.5, 0.6) is 0 Å². The van der Waals surface area contributed by atoms with Crippen molar-refractivity contribution in [3.8, 4) is 0 Å². The second kappa shape index (κ2) is 6.88. The number of hydrogen-bond donors (Lipinski definition) is 2. The summed E-state index contributed by atoms with van der Waals surface area (Å²) >= 11 is 7.59. The second-order valence-electron chi connectivity index (χ2n) is 4.68. The number of carboxylic acids is 1. The molecule has 1 heterocycles. The minimum absolute atomic E-state index is 0.269. The first-order chi connectivity index (χ1) is 9.56. The minimum atomic E-state index is -0.878. The lowest BCUT2D eigenvalue weighted by molar-refractivity contribution is 0.0697. The third-order valence-corrected chi connectivity index (χ3v) is 4.31. The summed E-state index contributed by atoms with van der Waals surface area (Å²) in [4.78, 5) is 11.8. The second-order valence-corrected chi connectivity index (χ2v) is 6.09. The molecule has 0 amide bonds. The van der Waals surface area contributed by atoms with E-state index < -0.39 is 5.97 Å². The molecule has 3 nitrogen and oxygen atoms in total. The molecule has 0 saturated heterocycles. The van der Waals surface area contributed by atoms with E-state index in [1.807, 2.05) is 24.3 Å². The van der Waals surface area contributed by atoms with Crippen molar-refractivity contribution in [1.82, 2.24) is 5.32 Å². The van der Waals surface area contributed by atoms with E-state index in [1.54, 1.807) is 11.4 Å². The third-order valence-electron chi connectivity index (χ3n) is 3.01. The smallest absolute Gasteiger partial charge is 0.336 e. The van der Waals surface area contributed by atoms with Gasteiger partial charge in [-0.3, -0.25) is 0 Å². The fourth-order valence-corrected chi connectivity index (χ4v) is 2.95. The van der Waals surface area contributed by atoms with Crippen molar-refractivity contribution in [3.05, 3.63) is 56.7 Å². The topological polar surface area (TPSA) is 49.3 Å².